The molecule has 1 aromatic heterocycles. The summed E-state index contributed by atoms with van der Waals surface area (Å²) in [6.45, 7) is 9.11. The standard InChI is InChI=1S/C30H34N6S/c1-23-9-7-10-24(2)28(23)36-30(31-32-33-36)29(26-14-16-27(37-3)17-15-26)35-21-19-34(20-22-35)18-8-13-25-11-5-4-6-12-25/h4-17,29H,18-22H2,1-3H3/b13-8+. The van der Waals surface area contributed by atoms with E-state index in [1.807, 2.05) is 4.68 Å². The minimum absolute atomic E-state index is 0.0214. The second-order valence-electron chi connectivity index (χ2n) is 9.51. The maximum atomic E-state index is 4.60. The average molecular weight is 511 g/mol. The minimum Gasteiger partial charge on any atom is -0.297 e. The molecule has 0 amide bonds. The Morgan fingerprint density at radius 3 is 2.24 bits per heavy atom. The van der Waals surface area contributed by atoms with E-state index in [0.29, 0.717) is 0 Å². The number of nitrogens with zero attached hydrogens (tertiary/aromatic N) is 6. The Kier molecular flexibility index (Phi) is 8.14. The van der Waals surface area contributed by atoms with Crippen LogP contribution in [0.25, 0.3) is 11.8 Å². The van der Waals surface area contributed by atoms with Gasteiger partial charge in [-0.1, -0.05) is 72.8 Å². The fourth-order valence-corrected chi connectivity index (χ4v) is 5.49. The van der Waals surface area contributed by atoms with Gasteiger partial charge in [-0.05, 0) is 64.9 Å². The lowest BCUT2D eigenvalue weighted by Crippen LogP contribution is -2.48. The zero-order valence-corrected chi connectivity index (χ0v) is 22.6. The smallest absolute Gasteiger partial charge is 0.178 e. The monoisotopic (exact) mass is 510 g/mol. The van der Waals surface area contributed by atoms with Crippen molar-refractivity contribution in [3.8, 4) is 5.69 Å². The molecule has 1 aliphatic rings. The lowest BCUT2D eigenvalue weighted by molar-refractivity contribution is 0.113. The summed E-state index contributed by atoms with van der Waals surface area (Å²) in [5, 5.41) is 13.2. The number of thioether (sulfide) groups is 1. The van der Waals surface area contributed by atoms with E-state index in [4.69, 9.17) is 0 Å². The highest BCUT2D eigenvalue weighted by molar-refractivity contribution is 7.98. The summed E-state index contributed by atoms with van der Waals surface area (Å²) < 4.78 is 1.95. The lowest BCUT2D eigenvalue weighted by Gasteiger charge is -2.38. The quantitative estimate of drug-likeness (QED) is 0.295. The average Bonchev–Trinajstić information content (AvgIpc) is 3.39. The summed E-state index contributed by atoms with van der Waals surface area (Å²) in [6.07, 6.45) is 6.59. The van der Waals surface area contributed by atoms with Crippen LogP contribution in [-0.2, 0) is 0 Å². The van der Waals surface area contributed by atoms with Gasteiger partial charge in [-0.25, -0.2) is 0 Å². The van der Waals surface area contributed by atoms with Crippen LogP contribution in [0.2, 0.25) is 0 Å². The van der Waals surface area contributed by atoms with E-state index in [9.17, 15) is 0 Å². The number of aryl methyl sites for hydroxylation is 2. The molecule has 0 saturated carbocycles. The molecule has 2 heterocycles. The van der Waals surface area contributed by atoms with Gasteiger partial charge in [0.1, 0.15) is 0 Å². The van der Waals surface area contributed by atoms with E-state index in [1.54, 1.807) is 11.8 Å². The molecule has 190 valence electrons. The Bertz CT molecular complexity index is 1300. The molecule has 0 spiro atoms. The van der Waals surface area contributed by atoms with Crippen LogP contribution in [0.1, 0.15) is 34.1 Å². The lowest BCUT2D eigenvalue weighted by atomic mass is 10.0. The van der Waals surface area contributed by atoms with Crippen LogP contribution in [0.4, 0.5) is 0 Å². The van der Waals surface area contributed by atoms with Gasteiger partial charge in [0.15, 0.2) is 5.82 Å². The van der Waals surface area contributed by atoms with E-state index in [-0.39, 0.29) is 6.04 Å². The molecule has 0 radical (unpaired) electrons. The fraction of sp³-hybridized carbons (Fsp3) is 0.300. The molecule has 1 aliphatic heterocycles. The Morgan fingerprint density at radius 1 is 0.865 bits per heavy atom. The van der Waals surface area contributed by atoms with E-state index in [1.165, 1.54) is 27.1 Å². The Balaban J connectivity index is 1.39. The maximum Gasteiger partial charge on any atom is 0.178 e. The number of hydrogen-bond donors (Lipinski definition) is 0. The number of piperazine rings is 1. The van der Waals surface area contributed by atoms with Crippen molar-refractivity contribution in [1.82, 2.24) is 30.0 Å². The zero-order valence-electron chi connectivity index (χ0n) is 21.8. The van der Waals surface area contributed by atoms with Gasteiger partial charge in [0, 0.05) is 37.6 Å². The van der Waals surface area contributed by atoms with E-state index in [0.717, 1.165) is 44.2 Å². The van der Waals surface area contributed by atoms with Gasteiger partial charge >= 0.3 is 0 Å². The summed E-state index contributed by atoms with van der Waals surface area (Å²) in [5.74, 6) is 0.867. The van der Waals surface area contributed by atoms with E-state index >= 15 is 0 Å². The topological polar surface area (TPSA) is 50.1 Å². The highest BCUT2D eigenvalue weighted by Crippen LogP contribution is 2.32. The predicted octanol–water partition coefficient (Wildman–Crippen LogP) is 5.42. The fourth-order valence-electron chi connectivity index (χ4n) is 5.08. The first kappa shape index (κ1) is 25.4. The van der Waals surface area contributed by atoms with Crippen molar-refractivity contribution >= 4 is 17.8 Å². The Hall–Kier alpha value is -3.26. The number of para-hydroxylation sites is 1. The van der Waals surface area contributed by atoms with Crippen LogP contribution >= 0.6 is 11.8 Å². The van der Waals surface area contributed by atoms with Crippen molar-refractivity contribution in [3.05, 3.63) is 107 Å². The molecule has 4 aromatic rings. The zero-order chi connectivity index (χ0) is 25.6. The Morgan fingerprint density at radius 2 is 1.57 bits per heavy atom. The molecule has 0 N–H and O–H groups in total. The van der Waals surface area contributed by atoms with Gasteiger partial charge in [0.05, 0.1) is 11.7 Å². The van der Waals surface area contributed by atoms with Crippen molar-refractivity contribution in [3.63, 3.8) is 0 Å². The summed E-state index contributed by atoms with van der Waals surface area (Å²) >= 11 is 1.76. The van der Waals surface area contributed by atoms with Crippen LogP contribution in [0.5, 0.6) is 0 Å². The van der Waals surface area contributed by atoms with Gasteiger partial charge in [-0.3, -0.25) is 9.80 Å². The number of aromatic nitrogens is 4. The molecule has 0 aliphatic carbocycles. The van der Waals surface area contributed by atoms with Crippen molar-refractivity contribution in [2.45, 2.75) is 24.8 Å². The second-order valence-corrected chi connectivity index (χ2v) is 10.4. The number of tetrazole rings is 1. The third-order valence-corrected chi connectivity index (χ3v) is 7.81. The first-order chi connectivity index (χ1) is 18.1. The van der Waals surface area contributed by atoms with Gasteiger partial charge in [-0.2, -0.15) is 4.68 Å². The van der Waals surface area contributed by atoms with Crippen LogP contribution in [0, 0.1) is 13.8 Å². The number of benzene rings is 3. The summed E-state index contributed by atoms with van der Waals surface area (Å²) in [4.78, 5) is 6.30. The molecule has 37 heavy (non-hydrogen) atoms. The van der Waals surface area contributed by atoms with Crippen LogP contribution in [-0.4, -0.2) is 69.0 Å². The van der Waals surface area contributed by atoms with Gasteiger partial charge < -0.3 is 0 Å². The molecular weight excluding hydrogens is 476 g/mol. The third-order valence-electron chi connectivity index (χ3n) is 7.07. The van der Waals surface area contributed by atoms with Crippen molar-refractivity contribution in [2.24, 2.45) is 0 Å². The number of rotatable bonds is 8. The molecule has 1 fully saturated rings. The number of hydrogen-bond acceptors (Lipinski definition) is 6. The van der Waals surface area contributed by atoms with E-state index < -0.39 is 0 Å². The predicted molar refractivity (Wildman–Crippen MR) is 152 cm³/mol. The summed E-state index contributed by atoms with van der Waals surface area (Å²) in [5.41, 5.74) is 5.86. The Labute approximate surface area is 224 Å². The second kappa shape index (κ2) is 11.9. The van der Waals surface area contributed by atoms with Crippen LogP contribution in [0.15, 0.2) is 83.8 Å². The summed E-state index contributed by atoms with van der Waals surface area (Å²) in [6, 6.07) is 25.7. The molecule has 1 saturated heterocycles. The van der Waals surface area contributed by atoms with Crippen molar-refractivity contribution < 1.29 is 0 Å². The molecular formula is C30H34N6S. The van der Waals surface area contributed by atoms with Crippen molar-refractivity contribution in [1.29, 1.82) is 0 Å². The highest BCUT2D eigenvalue weighted by atomic mass is 32.2. The van der Waals surface area contributed by atoms with E-state index in [2.05, 4.69) is 130 Å². The normalized spacial score (nSPS) is 15.9. The first-order valence-electron chi connectivity index (χ1n) is 12.8. The van der Waals surface area contributed by atoms with Crippen LogP contribution < -0.4 is 0 Å². The SMILES string of the molecule is CSc1ccc(C(c2nnnn2-c2c(C)cccc2C)N2CCN(C/C=C/c3ccccc3)CC2)cc1. The van der Waals surface area contributed by atoms with Gasteiger partial charge in [0.25, 0.3) is 0 Å². The molecule has 3 aromatic carbocycles. The molecule has 5 rings (SSSR count). The summed E-state index contributed by atoms with van der Waals surface area (Å²) in [7, 11) is 0. The molecule has 7 heteroatoms. The van der Waals surface area contributed by atoms with Crippen molar-refractivity contribution in [2.75, 3.05) is 39.0 Å². The van der Waals surface area contributed by atoms with Gasteiger partial charge in [0.2, 0.25) is 0 Å². The maximum absolute atomic E-state index is 4.60. The molecule has 6 nitrogen and oxygen atoms in total. The highest BCUT2D eigenvalue weighted by Gasteiger charge is 2.31. The molecule has 1 unspecified atom stereocenters. The minimum atomic E-state index is -0.0214. The van der Waals surface area contributed by atoms with Crippen LogP contribution in [0.3, 0.4) is 0 Å². The third kappa shape index (κ3) is 5.85. The molecule has 0 bridgehead atoms. The first-order valence-corrected chi connectivity index (χ1v) is 14.0. The molecule has 1 atom stereocenters. The van der Waals surface area contributed by atoms with Gasteiger partial charge in [-0.15, -0.1) is 16.9 Å². The largest absolute Gasteiger partial charge is 0.297 e.